The fraction of sp³-hybridized carbons (Fsp3) is 0.846. The Morgan fingerprint density at radius 2 is 2.06 bits per heavy atom. The fourth-order valence-corrected chi connectivity index (χ4v) is 2.32. The Morgan fingerprint density at radius 3 is 2.53 bits per heavy atom. The first kappa shape index (κ1) is 12.6. The number of aliphatic hydroxyl groups is 1. The van der Waals surface area contributed by atoms with E-state index in [0.717, 1.165) is 25.7 Å². The van der Waals surface area contributed by atoms with Crippen molar-refractivity contribution in [2.75, 3.05) is 0 Å². The second-order valence-corrected chi connectivity index (χ2v) is 6.57. The summed E-state index contributed by atoms with van der Waals surface area (Å²) >= 11 is 0. The van der Waals surface area contributed by atoms with Crippen LogP contribution in [-0.4, -0.2) is 20.8 Å². The molecule has 0 saturated heterocycles. The standard InChI is InChI=1S/C13H22N2O2/c1-9-14-11(17-15-9)10-7-13(16,8-10)6-5-12(2,3)4/h10,16H,5-8H2,1-4H3. The highest BCUT2D eigenvalue weighted by atomic mass is 16.5. The molecule has 17 heavy (non-hydrogen) atoms. The SMILES string of the molecule is Cc1noc(C2CC(O)(CCC(C)(C)C)C2)n1. The first-order valence-electron chi connectivity index (χ1n) is 6.30. The lowest BCUT2D eigenvalue weighted by molar-refractivity contribution is -0.0682. The highest BCUT2D eigenvalue weighted by Crippen LogP contribution is 2.47. The predicted octanol–water partition coefficient (Wildman–Crippen LogP) is 2.81. The molecule has 1 heterocycles. The largest absolute Gasteiger partial charge is 0.390 e. The normalized spacial score (nSPS) is 29.1. The lowest BCUT2D eigenvalue weighted by Gasteiger charge is -2.43. The Morgan fingerprint density at radius 1 is 1.41 bits per heavy atom. The number of nitrogens with zero attached hydrogens (tertiary/aromatic N) is 2. The smallest absolute Gasteiger partial charge is 0.229 e. The van der Waals surface area contributed by atoms with Gasteiger partial charge in [0.1, 0.15) is 0 Å². The Bertz CT molecular complexity index is 386. The van der Waals surface area contributed by atoms with Crippen molar-refractivity contribution >= 4 is 0 Å². The number of hydrogen-bond donors (Lipinski definition) is 1. The highest BCUT2D eigenvalue weighted by molar-refractivity contribution is 5.07. The van der Waals surface area contributed by atoms with Crippen LogP contribution in [0, 0.1) is 12.3 Å². The molecule has 1 aliphatic rings. The average Bonchev–Trinajstić information content (AvgIpc) is 2.56. The van der Waals surface area contributed by atoms with Gasteiger partial charge in [0.2, 0.25) is 5.89 Å². The molecule has 0 spiro atoms. The molecule has 0 atom stereocenters. The summed E-state index contributed by atoms with van der Waals surface area (Å²) in [4.78, 5) is 4.22. The van der Waals surface area contributed by atoms with Gasteiger partial charge in [-0.15, -0.1) is 0 Å². The number of hydrogen-bond acceptors (Lipinski definition) is 4. The van der Waals surface area contributed by atoms with Crippen molar-refractivity contribution in [3.05, 3.63) is 11.7 Å². The van der Waals surface area contributed by atoms with E-state index in [1.54, 1.807) is 0 Å². The molecule has 0 amide bonds. The van der Waals surface area contributed by atoms with E-state index >= 15 is 0 Å². The minimum atomic E-state index is -0.514. The quantitative estimate of drug-likeness (QED) is 0.879. The third kappa shape index (κ3) is 3.06. The predicted molar refractivity (Wildman–Crippen MR) is 64.6 cm³/mol. The van der Waals surface area contributed by atoms with Gasteiger partial charge in [0.05, 0.1) is 5.60 Å². The van der Waals surface area contributed by atoms with Gasteiger partial charge in [-0.2, -0.15) is 4.98 Å². The van der Waals surface area contributed by atoms with Crippen LogP contribution in [0.2, 0.25) is 0 Å². The van der Waals surface area contributed by atoms with Gasteiger partial charge in [-0.25, -0.2) is 0 Å². The maximum atomic E-state index is 10.3. The molecule has 1 fully saturated rings. The van der Waals surface area contributed by atoms with Crippen LogP contribution in [-0.2, 0) is 0 Å². The molecule has 2 rings (SSSR count). The maximum absolute atomic E-state index is 10.3. The summed E-state index contributed by atoms with van der Waals surface area (Å²) in [5, 5.41) is 14.1. The molecule has 1 N–H and O–H groups in total. The lowest BCUT2D eigenvalue weighted by atomic mass is 9.67. The average molecular weight is 238 g/mol. The van der Waals surface area contributed by atoms with Gasteiger partial charge >= 0.3 is 0 Å². The Balaban J connectivity index is 1.85. The molecule has 4 heteroatoms. The van der Waals surface area contributed by atoms with Crippen molar-refractivity contribution in [2.24, 2.45) is 5.41 Å². The first-order chi connectivity index (χ1) is 7.77. The van der Waals surface area contributed by atoms with Crippen molar-refractivity contribution in [1.82, 2.24) is 10.1 Å². The monoisotopic (exact) mass is 238 g/mol. The van der Waals surface area contributed by atoms with E-state index in [-0.39, 0.29) is 11.3 Å². The van der Waals surface area contributed by atoms with Gasteiger partial charge in [-0.05, 0) is 38.0 Å². The van der Waals surface area contributed by atoms with Gasteiger partial charge < -0.3 is 9.63 Å². The van der Waals surface area contributed by atoms with Gasteiger partial charge in [-0.3, -0.25) is 0 Å². The van der Waals surface area contributed by atoms with Crippen LogP contribution in [0.3, 0.4) is 0 Å². The van der Waals surface area contributed by atoms with E-state index in [1.165, 1.54) is 0 Å². The molecule has 0 radical (unpaired) electrons. The fourth-order valence-electron chi connectivity index (χ4n) is 2.32. The summed E-state index contributed by atoms with van der Waals surface area (Å²) in [7, 11) is 0. The van der Waals surface area contributed by atoms with Crippen molar-refractivity contribution in [1.29, 1.82) is 0 Å². The van der Waals surface area contributed by atoms with Gasteiger partial charge in [0.25, 0.3) is 0 Å². The second kappa shape index (κ2) is 4.09. The highest BCUT2D eigenvalue weighted by Gasteiger charge is 2.45. The first-order valence-corrected chi connectivity index (χ1v) is 6.30. The van der Waals surface area contributed by atoms with Gasteiger partial charge in [0, 0.05) is 5.92 Å². The van der Waals surface area contributed by atoms with E-state index in [2.05, 4.69) is 30.9 Å². The summed E-state index contributed by atoms with van der Waals surface area (Å²) in [5.74, 6) is 1.61. The Hall–Kier alpha value is -0.900. The number of aromatic nitrogens is 2. The van der Waals surface area contributed by atoms with E-state index in [1.807, 2.05) is 6.92 Å². The van der Waals surface area contributed by atoms with Crippen LogP contribution >= 0.6 is 0 Å². The summed E-state index contributed by atoms with van der Waals surface area (Å²) in [6.07, 6.45) is 3.41. The van der Waals surface area contributed by atoms with E-state index in [4.69, 9.17) is 4.52 Å². The molecule has 1 saturated carbocycles. The molecule has 0 bridgehead atoms. The Kier molecular flexibility index (Phi) is 3.02. The minimum absolute atomic E-state index is 0.251. The van der Waals surface area contributed by atoms with E-state index in [0.29, 0.717) is 11.7 Å². The van der Waals surface area contributed by atoms with Crippen molar-refractivity contribution in [2.45, 2.75) is 64.9 Å². The third-order valence-electron chi connectivity index (χ3n) is 3.49. The van der Waals surface area contributed by atoms with Crippen molar-refractivity contribution in [3.8, 4) is 0 Å². The number of rotatable bonds is 3. The molecule has 0 aliphatic heterocycles. The topological polar surface area (TPSA) is 59.2 Å². The zero-order valence-electron chi connectivity index (χ0n) is 11.2. The summed E-state index contributed by atoms with van der Waals surface area (Å²) in [5.41, 5.74) is -0.234. The molecule has 1 aromatic rings. The van der Waals surface area contributed by atoms with Crippen LogP contribution in [0.1, 0.15) is 64.1 Å². The van der Waals surface area contributed by atoms with Crippen LogP contribution in [0.15, 0.2) is 4.52 Å². The van der Waals surface area contributed by atoms with Crippen LogP contribution in [0.25, 0.3) is 0 Å². The molecule has 0 aromatic carbocycles. The zero-order chi connectivity index (χ0) is 12.7. The Labute approximate surface area is 102 Å². The van der Waals surface area contributed by atoms with Crippen molar-refractivity contribution in [3.63, 3.8) is 0 Å². The number of aryl methyl sites for hydroxylation is 1. The summed E-state index contributed by atoms with van der Waals surface area (Å²) in [6.45, 7) is 8.42. The zero-order valence-corrected chi connectivity index (χ0v) is 11.2. The second-order valence-electron chi connectivity index (χ2n) is 6.57. The molecule has 96 valence electrons. The van der Waals surface area contributed by atoms with Crippen LogP contribution in [0.5, 0.6) is 0 Å². The molecular weight excluding hydrogens is 216 g/mol. The lowest BCUT2D eigenvalue weighted by Crippen LogP contribution is -2.43. The van der Waals surface area contributed by atoms with Crippen LogP contribution in [0.4, 0.5) is 0 Å². The van der Waals surface area contributed by atoms with E-state index in [9.17, 15) is 5.11 Å². The van der Waals surface area contributed by atoms with Crippen molar-refractivity contribution < 1.29 is 9.63 Å². The maximum Gasteiger partial charge on any atom is 0.229 e. The third-order valence-corrected chi connectivity index (χ3v) is 3.49. The molecule has 1 aliphatic carbocycles. The summed E-state index contributed by atoms with van der Waals surface area (Å²) in [6, 6.07) is 0. The molecule has 0 unspecified atom stereocenters. The van der Waals surface area contributed by atoms with Crippen LogP contribution < -0.4 is 0 Å². The molecule has 4 nitrogen and oxygen atoms in total. The molecular formula is C13H22N2O2. The summed E-state index contributed by atoms with van der Waals surface area (Å²) < 4.78 is 5.13. The molecule has 1 aromatic heterocycles. The van der Waals surface area contributed by atoms with E-state index < -0.39 is 5.60 Å². The van der Waals surface area contributed by atoms with Gasteiger partial charge in [0.15, 0.2) is 5.82 Å². The van der Waals surface area contributed by atoms with Gasteiger partial charge in [-0.1, -0.05) is 25.9 Å². The minimum Gasteiger partial charge on any atom is -0.390 e.